The number of amides is 1. The Labute approximate surface area is 122 Å². The number of hydrogen-bond donors (Lipinski definition) is 0. The quantitative estimate of drug-likeness (QED) is 0.746. The Kier molecular flexibility index (Phi) is 4.25. The topological polar surface area (TPSA) is 42.4 Å². The maximum absolute atomic E-state index is 13.6. The maximum Gasteiger partial charge on any atom is 0.410 e. The molecule has 0 saturated heterocycles. The van der Waals surface area contributed by atoms with Crippen molar-refractivity contribution >= 4 is 11.7 Å². The first-order valence-corrected chi connectivity index (χ1v) is 6.75. The van der Waals surface area contributed by atoms with Crippen molar-refractivity contribution in [2.75, 3.05) is 13.1 Å². The molecule has 1 aromatic heterocycles. The summed E-state index contributed by atoms with van der Waals surface area (Å²) in [6.07, 6.45) is 1.82. The van der Waals surface area contributed by atoms with Gasteiger partial charge in [0.15, 0.2) is 0 Å². The van der Waals surface area contributed by atoms with Crippen molar-refractivity contribution in [1.82, 2.24) is 9.88 Å². The molecule has 1 aromatic rings. The van der Waals surface area contributed by atoms with Crippen LogP contribution in [0.3, 0.4) is 0 Å². The zero-order valence-electron chi connectivity index (χ0n) is 12.3. The number of halogens is 2. The van der Waals surface area contributed by atoms with Crippen molar-refractivity contribution in [2.24, 2.45) is 0 Å². The first-order valence-electron chi connectivity index (χ1n) is 6.75. The number of hydrogen-bond acceptors (Lipinski definition) is 3. The second-order valence-corrected chi connectivity index (χ2v) is 5.88. The number of aromatic nitrogens is 1. The summed E-state index contributed by atoms with van der Waals surface area (Å²) in [4.78, 5) is 16.6. The highest BCUT2D eigenvalue weighted by atomic mass is 19.1. The SMILES string of the molecule is CC(C)(C)OC(=O)N1CC=C(c2ccc(F)nc2F)CC1. The highest BCUT2D eigenvalue weighted by molar-refractivity contribution is 5.72. The van der Waals surface area contributed by atoms with Crippen LogP contribution >= 0.6 is 0 Å². The van der Waals surface area contributed by atoms with Gasteiger partial charge in [0.05, 0.1) is 0 Å². The van der Waals surface area contributed by atoms with Crippen molar-refractivity contribution in [3.05, 3.63) is 35.7 Å². The van der Waals surface area contributed by atoms with Crippen LogP contribution in [0, 0.1) is 11.9 Å². The Morgan fingerprint density at radius 3 is 2.57 bits per heavy atom. The van der Waals surface area contributed by atoms with Crippen LogP contribution in [0.1, 0.15) is 32.8 Å². The summed E-state index contributed by atoms with van der Waals surface area (Å²) in [5.41, 5.74) is 0.452. The third-order valence-electron chi connectivity index (χ3n) is 3.02. The molecule has 1 aliphatic rings. The molecular weight excluding hydrogens is 278 g/mol. The predicted octanol–water partition coefficient (Wildman–Crippen LogP) is 3.38. The van der Waals surface area contributed by atoms with Gasteiger partial charge in [0.25, 0.3) is 0 Å². The molecule has 0 radical (unpaired) electrons. The van der Waals surface area contributed by atoms with Crippen molar-refractivity contribution < 1.29 is 18.3 Å². The summed E-state index contributed by atoms with van der Waals surface area (Å²) in [5.74, 6) is -1.67. The van der Waals surface area contributed by atoms with Gasteiger partial charge in [0.1, 0.15) is 5.60 Å². The number of pyridine rings is 1. The van der Waals surface area contributed by atoms with E-state index in [1.807, 2.05) is 0 Å². The predicted molar refractivity (Wildman–Crippen MR) is 74.6 cm³/mol. The van der Waals surface area contributed by atoms with Crippen LogP contribution in [0.15, 0.2) is 18.2 Å². The lowest BCUT2D eigenvalue weighted by Crippen LogP contribution is -2.39. The Hall–Kier alpha value is -1.98. The molecular formula is C15H18F2N2O2. The van der Waals surface area contributed by atoms with E-state index in [0.717, 1.165) is 11.6 Å². The van der Waals surface area contributed by atoms with Crippen LogP contribution in [0.25, 0.3) is 5.57 Å². The summed E-state index contributed by atoms with van der Waals surface area (Å²) < 4.78 is 31.7. The molecule has 0 N–H and O–H groups in total. The summed E-state index contributed by atoms with van der Waals surface area (Å²) >= 11 is 0. The van der Waals surface area contributed by atoms with E-state index in [0.29, 0.717) is 19.5 Å². The summed E-state index contributed by atoms with van der Waals surface area (Å²) in [5, 5.41) is 0. The molecule has 21 heavy (non-hydrogen) atoms. The molecule has 0 bridgehead atoms. The normalized spacial score (nSPS) is 15.7. The van der Waals surface area contributed by atoms with E-state index in [-0.39, 0.29) is 5.56 Å². The number of ether oxygens (including phenoxy) is 1. The van der Waals surface area contributed by atoms with Crippen molar-refractivity contribution in [2.45, 2.75) is 32.8 Å². The Balaban J connectivity index is 2.07. The fourth-order valence-electron chi connectivity index (χ4n) is 2.06. The van der Waals surface area contributed by atoms with E-state index in [9.17, 15) is 13.6 Å². The molecule has 6 heteroatoms. The Morgan fingerprint density at radius 1 is 1.33 bits per heavy atom. The number of rotatable bonds is 1. The van der Waals surface area contributed by atoms with E-state index in [4.69, 9.17) is 4.74 Å². The van der Waals surface area contributed by atoms with Crippen molar-refractivity contribution in [3.63, 3.8) is 0 Å². The minimum Gasteiger partial charge on any atom is -0.444 e. The molecule has 0 unspecified atom stereocenters. The van der Waals surface area contributed by atoms with Gasteiger partial charge >= 0.3 is 6.09 Å². The van der Waals surface area contributed by atoms with Crippen LogP contribution in [-0.4, -0.2) is 34.7 Å². The first-order chi connectivity index (χ1) is 9.76. The number of carbonyl (C=O) groups excluding carboxylic acids is 1. The second-order valence-electron chi connectivity index (χ2n) is 5.88. The molecule has 1 amide bonds. The molecule has 0 saturated carbocycles. The van der Waals surface area contributed by atoms with Crippen LogP contribution in [0.5, 0.6) is 0 Å². The van der Waals surface area contributed by atoms with Gasteiger partial charge in [-0.1, -0.05) is 6.08 Å². The third-order valence-corrected chi connectivity index (χ3v) is 3.02. The molecule has 0 spiro atoms. The summed E-state index contributed by atoms with van der Waals surface area (Å²) in [6.45, 7) is 6.17. The Morgan fingerprint density at radius 2 is 2.05 bits per heavy atom. The summed E-state index contributed by atoms with van der Waals surface area (Å²) in [7, 11) is 0. The van der Waals surface area contributed by atoms with Gasteiger partial charge in [0.2, 0.25) is 11.9 Å². The largest absolute Gasteiger partial charge is 0.444 e. The van der Waals surface area contributed by atoms with Gasteiger partial charge in [-0.15, -0.1) is 0 Å². The minimum atomic E-state index is -0.844. The van der Waals surface area contributed by atoms with Crippen LogP contribution in [0.4, 0.5) is 13.6 Å². The van der Waals surface area contributed by atoms with E-state index < -0.39 is 23.6 Å². The van der Waals surface area contributed by atoms with E-state index in [2.05, 4.69) is 4.98 Å². The second kappa shape index (κ2) is 5.79. The van der Waals surface area contributed by atoms with Gasteiger partial charge < -0.3 is 9.64 Å². The Bertz CT molecular complexity index is 580. The number of nitrogens with zero attached hydrogens (tertiary/aromatic N) is 2. The minimum absolute atomic E-state index is 0.278. The smallest absolute Gasteiger partial charge is 0.410 e. The van der Waals surface area contributed by atoms with Gasteiger partial charge in [0, 0.05) is 18.7 Å². The van der Waals surface area contributed by atoms with E-state index in [1.165, 1.54) is 6.07 Å². The van der Waals surface area contributed by atoms with Gasteiger partial charge in [-0.25, -0.2) is 4.79 Å². The molecule has 114 valence electrons. The molecule has 0 fully saturated rings. The van der Waals surface area contributed by atoms with Crippen LogP contribution in [0.2, 0.25) is 0 Å². The number of carbonyl (C=O) groups is 1. The van der Waals surface area contributed by atoms with Crippen molar-refractivity contribution in [1.29, 1.82) is 0 Å². The molecule has 2 heterocycles. The zero-order valence-corrected chi connectivity index (χ0v) is 12.3. The fraction of sp³-hybridized carbons (Fsp3) is 0.467. The zero-order chi connectivity index (χ0) is 15.6. The molecule has 1 aliphatic heterocycles. The molecule has 4 nitrogen and oxygen atoms in total. The standard InChI is InChI=1S/C15H18F2N2O2/c1-15(2,3)21-14(20)19-8-6-10(7-9-19)11-4-5-12(16)18-13(11)17/h4-6H,7-9H2,1-3H3. The lowest BCUT2D eigenvalue weighted by Gasteiger charge is -2.29. The molecule has 0 atom stereocenters. The first kappa shape index (κ1) is 15.4. The lowest BCUT2D eigenvalue weighted by atomic mass is 10.0. The molecule has 0 aliphatic carbocycles. The molecule has 2 rings (SSSR count). The van der Waals surface area contributed by atoms with Crippen LogP contribution < -0.4 is 0 Å². The van der Waals surface area contributed by atoms with Gasteiger partial charge in [-0.05, 0) is 44.9 Å². The maximum atomic E-state index is 13.6. The average Bonchev–Trinajstić information content (AvgIpc) is 2.37. The fourth-order valence-corrected chi connectivity index (χ4v) is 2.06. The highest BCUT2D eigenvalue weighted by Crippen LogP contribution is 2.24. The highest BCUT2D eigenvalue weighted by Gasteiger charge is 2.24. The lowest BCUT2D eigenvalue weighted by molar-refractivity contribution is 0.0270. The van der Waals surface area contributed by atoms with E-state index in [1.54, 1.807) is 31.7 Å². The van der Waals surface area contributed by atoms with Crippen molar-refractivity contribution in [3.8, 4) is 0 Å². The van der Waals surface area contributed by atoms with E-state index >= 15 is 0 Å². The van der Waals surface area contributed by atoms with Crippen LogP contribution in [-0.2, 0) is 4.74 Å². The average molecular weight is 296 g/mol. The molecule has 0 aromatic carbocycles. The monoisotopic (exact) mass is 296 g/mol. The van der Waals surface area contributed by atoms with Gasteiger partial charge in [-0.2, -0.15) is 13.8 Å². The third kappa shape index (κ3) is 4.00. The van der Waals surface area contributed by atoms with Gasteiger partial charge in [-0.3, -0.25) is 0 Å². The summed E-state index contributed by atoms with van der Waals surface area (Å²) in [6, 6.07) is 2.49.